The van der Waals surface area contributed by atoms with Crippen LogP contribution >= 0.6 is 11.3 Å². The summed E-state index contributed by atoms with van der Waals surface area (Å²) in [5.41, 5.74) is 1.75. The second-order valence-electron chi connectivity index (χ2n) is 6.27. The van der Waals surface area contributed by atoms with Crippen LogP contribution in [0.25, 0.3) is 11.4 Å². The summed E-state index contributed by atoms with van der Waals surface area (Å²) in [4.78, 5) is 16.7. The Morgan fingerprint density at radius 1 is 1.21 bits per heavy atom. The van der Waals surface area contributed by atoms with E-state index in [1.54, 1.807) is 32.7 Å². The van der Waals surface area contributed by atoms with Gasteiger partial charge in [0.1, 0.15) is 0 Å². The van der Waals surface area contributed by atoms with Crippen molar-refractivity contribution in [3.63, 3.8) is 0 Å². The second-order valence-corrected chi connectivity index (χ2v) is 7.05. The number of benzene rings is 1. The fourth-order valence-electron chi connectivity index (χ4n) is 2.83. The van der Waals surface area contributed by atoms with E-state index in [9.17, 15) is 4.79 Å². The van der Waals surface area contributed by atoms with Crippen molar-refractivity contribution in [1.29, 1.82) is 0 Å². The highest BCUT2D eigenvalue weighted by Crippen LogP contribution is 2.39. The van der Waals surface area contributed by atoms with Gasteiger partial charge in [-0.05, 0) is 36.1 Å². The maximum absolute atomic E-state index is 12.4. The summed E-state index contributed by atoms with van der Waals surface area (Å²) in [5.74, 6) is 2.43. The fourth-order valence-corrected chi connectivity index (χ4v) is 3.47. The number of aryl methyl sites for hydroxylation is 1. The topological polar surface area (TPSA) is 95.7 Å². The van der Waals surface area contributed by atoms with Crippen molar-refractivity contribution in [2.24, 2.45) is 0 Å². The van der Waals surface area contributed by atoms with Gasteiger partial charge in [-0.25, -0.2) is 0 Å². The first-order valence-electron chi connectivity index (χ1n) is 9.00. The van der Waals surface area contributed by atoms with Crippen molar-refractivity contribution in [2.75, 3.05) is 21.3 Å². The highest BCUT2D eigenvalue weighted by atomic mass is 32.1. The summed E-state index contributed by atoms with van der Waals surface area (Å²) in [6.45, 7) is 1.89. The molecular formula is C20H23N3O5S. The molecule has 0 spiro atoms. The van der Waals surface area contributed by atoms with E-state index in [0.29, 0.717) is 35.4 Å². The molecule has 0 saturated heterocycles. The van der Waals surface area contributed by atoms with Crippen LogP contribution in [-0.4, -0.2) is 37.4 Å². The Morgan fingerprint density at radius 3 is 2.52 bits per heavy atom. The molecule has 1 unspecified atom stereocenters. The van der Waals surface area contributed by atoms with Gasteiger partial charge in [-0.3, -0.25) is 4.79 Å². The molecule has 9 heteroatoms. The number of nitrogens with one attached hydrogen (secondary N) is 1. The number of amides is 1. The van der Waals surface area contributed by atoms with Gasteiger partial charge in [0.2, 0.25) is 23.4 Å². The molecule has 0 aliphatic rings. The van der Waals surface area contributed by atoms with Crippen molar-refractivity contribution in [3.05, 3.63) is 40.4 Å². The molecule has 0 aliphatic carbocycles. The second kappa shape index (κ2) is 9.42. The molecule has 2 heterocycles. The molecule has 0 aliphatic heterocycles. The Balaban J connectivity index is 1.60. The maximum Gasteiger partial charge on any atom is 0.227 e. The van der Waals surface area contributed by atoms with Gasteiger partial charge in [0.15, 0.2) is 11.5 Å². The van der Waals surface area contributed by atoms with Crippen LogP contribution in [-0.2, 0) is 11.2 Å². The fraction of sp³-hybridized carbons (Fsp3) is 0.350. The molecule has 2 aromatic heterocycles. The van der Waals surface area contributed by atoms with Crippen molar-refractivity contribution in [1.82, 2.24) is 15.5 Å². The number of carbonyl (C=O) groups excluding carboxylic acids is 1. The minimum atomic E-state index is -0.250. The van der Waals surface area contributed by atoms with Gasteiger partial charge in [0.05, 0.1) is 27.4 Å². The van der Waals surface area contributed by atoms with E-state index in [1.807, 2.05) is 35.9 Å². The largest absolute Gasteiger partial charge is 0.493 e. The maximum atomic E-state index is 12.4. The number of carbonyl (C=O) groups is 1. The molecule has 8 nitrogen and oxygen atoms in total. The first kappa shape index (κ1) is 20.7. The summed E-state index contributed by atoms with van der Waals surface area (Å²) >= 11 is 1.56. The van der Waals surface area contributed by atoms with Crippen molar-refractivity contribution in [3.8, 4) is 28.6 Å². The first-order valence-corrected chi connectivity index (χ1v) is 9.94. The molecule has 1 aromatic carbocycles. The third-order valence-corrected chi connectivity index (χ3v) is 5.06. The zero-order valence-corrected chi connectivity index (χ0v) is 17.5. The molecular weight excluding hydrogens is 394 g/mol. The SMILES string of the molecule is COc1cc(C(C)NC(=O)CCc2nc(-c3ccsc3)no2)cc(OC)c1OC. The zero-order valence-electron chi connectivity index (χ0n) is 16.7. The lowest BCUT2D eigenvalue weighted by Gasteiger charge is -2.18. The van der Waals surface area contributed by atoms with Crippen LogP contribution in [0.5, 0.6) is 17.2 Å². The van der Waals surface area contributed by atoms with Crippen molar-refractivity contribution < 1.29 is 23.5 Å². The van der Waals surface area contributed by atoms with E-state index in [-0.39, 0.29) is 18.4 Å². The zero-order chi connectivity index (χ0) is 20.8. The van der Waals surface area contributed by atoms with Crippen LogP contribution in [0.3, 0.4) is 0 Å². The van der Waals surface area contributed by atoms with Crippen LogP contribution in [0.15, 0.2) is 33.5 Å². The van der Waals surface area contributed by atoms with Gasteiger partial charge in [-0.2, -0.15) is 16.3 Å². The van der Waals surface area contributed by atoms with Crippen LogP contribution < -0.4 is 19.5 Å². The van der Waals surface area contributed by atoms with E-state index in [1.165, 1.54) is 0 Å². The molecule has 3 rings (SSSR count). The first-order chi connectivity index (χ1) is 14.0. The number of hydrogen-bond acceptors (Lipinski definition) is 8. The van der Waals surface area contributed by atoms with E-state index < -0.39 is 0 Å². The lowest BCUT2D eigenvalue weighted by atomic mass is 10.1. The summed E-state index contributed by atoms with van der Waals surface area (Å²) < 4.78 is 21.3. The Labute approximate surface area is 172 Å². The number of thiophene rings is 1. The Hall–Kier alpha value is -3.07. The number of nitrogens with zero attached hydrogens (tertiary/aromatic N) is 2. The Morgan fingerprint density at radius 2 is 1.93 bits per heavy atom. The molecule has 0 radical (unpaired) electrons. The normalized spacial score (nSPS) is 11.7. The van der Waals surface area contributed by atoms with Crippen molar-refractivity contribution in [2.45, 2.75) is 25.8 Å². The number of aromatic nitrogens is 2. The van der Waals surface area contributed by atoms with E-state index in [4.69, 9.17) is 18.7 Å². The van der Waals surface area contributed by atoms with Crippen LogP contribution in [0.4, 0.5) is 0 Å². The molecule has 0 bridgehead atoms. The van der Waals surface area contributed by atoms with Gasteiger partial charge in [0, 0.05) is 23.8 Å². The van der Waals surface area contributed by atoms with Crippen molar-refractivity contribution >= 4 is 17.2 Å². The van der Waals surface area contributed by atoms with E-state index in [2.05, 4.69) is 15.5 Å². The lowest BCUT2D eigenvalue weighted by molar-refractivity contribution is -0.121. The Kier molecular flexibility index (Phi) is 6.71. The third kappa shape index (κ3) is 4.86. The lowest BCUT2D eigenvalue weighted by Crippen LogP contribution is -2.27. The quantitative estimate of drug-likeness (QED) is 0.568. The Bertz CT molecular complexity index is 930. The van der Waals surface area contributed by atoms with E-state index in [0.717, 1.165) is 11.1 Å². The third-order valence-electron chi connectivity index (χ3n) is 4.38. The minimum Gasteiger partial charge on any atom is -0.493 e. The van der Waals surface area contributed by atoms with Gasteiger partial charge in [-0.15, -0.1) is 0 Å². The van der Waals surface area contributed by atoms with Gasteiger partial charge in [-0.1, -0.05) is 5.16 Å². The van der Waals surface area contributed by atoms with Crippen LogP contribution in [0.1, 0.15) is 30.8 Å². The number of hydrogen-bond donors (Lipinski definition) is 1. The summed E-state index contributed by atoms with van der Waals surface area (Å²) in [6, 6.07) is 5.31. The molecule has 1 N–H and O–H groups in total. The van der Waals surface area contributed by atoms with Crippen LogP contribution in [0, 0.1) is 0 Å². The van der Waals surface area contributed by atoms with Gasteiger partial charge in [0.25, 0.3) is 0 Å². The standard InChI is InChI=1S/C20H23N3O5S/c1-12(14-9-15(25-2)19(27-4)16(10-14)26-3)21-17(24)5-6-18-22-20(23-28-18)13-7-8-29-11-13/h7-12H,5-6H2,1-4H3,(H,21,24). The number of methoxy groups -OCH3 is 3. The predicted octanol–water partition coefficient (Wildman–Crippen LogP) is 3.63. The molecule has 0 saturated carbocycles. The molecule has 154 valence electrons. The highest BCUT2D eigenvalue weighted by molar-refractivity contribution is 7.08. The minimum absolute atomic E-state index is 0.124. The van der Waals surface area contributed by atoms with Gasteiger partial charge >= 0.3 is 0 Å². The number of rotatable bonds is 9. The average molecular weight is 417 g/mol. The monoisotopic (exact) mass is 417 g/mol. The molecule has 3 aromatic rings. The molecule has 29 heavy (non-hydrogen) atoms. The smallest absolute Gasteiger partial charge is 0.227 e. The molecule has 1 atom stereocenters. The summed E-state index contributed by atoms with van der Waals surface area (Å²) in [5, 5.41) is 10.8. The summed E-state index contributed by atoms with van der Waals surface area (Å²) in [6.07, 6.45) is 0.602. The molecule has 1 amide bonds. The highest BCUT2D eigenvalue weighted by Gasteiger charge is 2.18. The van der Waals surface area contributed by atoms with Crippen LogP contribution in [0.2, 0.25) is 0 Å². The molecule has 0 fully saturated rings. The predicted molar refractivity (Wildman–Crippen MR) is 109 cm³/mol. The number of ether oxygens (including phenoxy) is 3. The average Bonchev–Trinajstić information content (AvgIpc) is 3.42. The van der Waals surface area contributed by atoms with Gasteiger partial charge < -0.3 is 24.1 Å². The van der Waals surface area contributed by atoms with E-state index >= 15 is 0 Å². The summed E-state index contributed by atoms with van der Waals surface area (Å²) in [7, 11) is 4.66.